The molecule has 2 nitrogen and oxygen atoms in total. The standard InChI is InChI=1S/C10H16N2/c1-7-4-5-8(11)6-9(7)10(2,3)12/h4-6H,11-12H2,1-3H3. The van der Waals surface area contributed by atoms with Gasteiger partial charge in [-0.2, -0.15) is 0 Å². The van der Waals surface area contributed by atoms with Crippen LogP contribution in [0.2, 0.25) is 0 Å². The molecule has 2 heteroatoms. The van der Waals surface area contributed by atoms with Gasteiger partial charge in [0.25, 0.3) is 0 Å². The lowest BCUT2D eigenvalue weighted by Gasteiger charge is -2.21. The average Bonchev–Trinajstić information content (AvgIpc) is 1.92. The molecule has 0 aliphatic heterocycles. The largest absolute Gasteiger partial charge is 0.399 e. The van der Waals surface area contributed by atoms with Crippen LogP contribution < -0.4 is 11.5 Å². The van der Waals surface area contributed by atoms with E-state index in [9.17, 15) is 0 Å². The maximum atomic E-state index is 5.97. The van der Waals surface area contributed by atoms with Gasteiger partial charge in [0.15, 0.2) is 0 Å². The van der Waals surface area contributed by atoms with E-state index in [0.29, 0.717) is 0 Å². The molecule has 0 fully saturated rings. The van der Waals surface area contributed by atoms with Crippen LogP contribution in [0.5, 0.6) is 0 Å². The molecule has 0 atom stereocenters. The Morgan fingerprint density at radius 1 is 1.25 bits per heavy atom. The summed E-state index contributed by atoms with van der Waals surface area (Å²) < 4.78 is 0. The fourth-order valence-corrected chi connectivity index (χ4v) is 1.33. The fraction of sp³-hybridized carbons (Fsp3) is 0.400. The molecule has 0 aliphatic rings. The van der Waals surface area contributed by atoms with E-state index >= 15 is 0 Å². The summed E-state index contributed by atoms with van der Waals surface area (Å²) in [6, 6.07) is 5.83. The molecule has 4 N–H and O–H groups in total. The Morgan fingerprint density at radius 2 is 1.83 bits per heavy atom. The lowest BCUT2D eigenvalue weighted by Crippen LogP contribution is -2.29. The minimum atomic E-state index is -0.306. The van der Waals surface area contributed by atoms with Crippen molar-refractivity contribution in [2.24, 2.45) is 5.73 Å². The molecular formula is C10H16N2. The van der Waals surface area contributed by atoms with Crippen LogP contribution in [0.3, 0.4) is 0 Å². The van der Waals surface area contributed by atoms with Crippen molar-refractivity contribution < 1.29 is 0 Å². The predicted molar refractivity (Wildman–Crippen MR) is 52.8 cm³/mol. The van der Waals surface area contributed by atoms with Crippen LogP contribution >= 0.6 is 0 Å². The fourth-order valence-electron chi connectivity index (χ4n) is 1.33. The third-order valence-electron chi connectivity index (χ3n) is 1.96. The highest BCUT2D eigenvalue weighted by molar-refractivity contribution is 5.46. The maximum absolute atomic E-state index is 5.97. The van der Waals surface area contributed by atoms with Crippen molar-refractivity contribution in [2.75, 3.05) is 5.73 Å². The monoisotopic (exact) mass is 164 g/mol. The average molecular weight is 164 g/mol. The van der Waals surface area contributed by atoms with Gasteiger partial charge >= 0.3 is 0 Å². The molecule has 1 aromatic carbocycles. The zero-order valence-electron chi connectivity index (χ0n) is 7.89. The van der Waals surface area contributed by atoms with E-state index in [1.165, 1.54) is 5.56 Å². The lowest BCUT2D eigenvalue weighted by atomic mass is 9.91. The van der Waals surface area contributed by atoms with E-state index in [1.807, 2.05) is 39.0 Å². The number of anilines is 1. The lowest BCUT2D eigenvalue weighted by molar-refractivity contribution is 0.551. The molecule has 66 valence electrons. The SMILES string of the molecule is Cc1ccc(N)cc1C(C)(C)N. The molecule has 12 heavy (non-hydrogen) atoms. The Hall–Kier alpha value is -1.02. The van der Waals surface area contributed by atoms with Crippen LogP contribution in [0.1, 0.15) is 25.0 Å². The van der Waals surface area contributed by atoms with Gasteiger partial charge < -0.3 is 11.5 Å². The van der Waals surface area contributed by atoms with Gasteiger partial charge in [0.05, 0.1) is 0 Å². The number of nitrogens with two attached hydrogens (primary N) is 2. The van der Waals surface area contributed by atoms with Crippen molar-refractivity contribution in [1.82, 2.24) is 0 Å². The number of aryl methyl sites for hydroxylation is 1. The van der Waals surface area contributed by atoms with Gasteiger partial charge in [-0.3, -0.25) is 0 Å². The Kier molecular flexibility index (Phi) is 2.11. The molecule has 1 rings (SSSR count). The highest BCUT2D eigenvalue weighted by Crippen LogP contribution is 2.22. The first-order chi connectivity index (χ1) is 5.41. The van der Waals surface area contributed by atoms with Crippen LogP contribution in [0.25, 0.3) is 0 Å². The number of hydrogen-bond acceptors (Lipinski definition) is 2. The summed E-state index contributed by atoms with van der Waals surface area (Å²) in [5, 5.41) is 0. The third kappa shape index (κ3) is 1.77. The second-order valence-corrected chi connectivity index (χ2v) is 3.80. The molecule has 0 amide bonds. The van der Waals surface area contributed by atoms with Crippen LogP contribution in [0.15, 0.2) is 18.2 Å². The van der Waals surface area contributed by atoms with Gasteiger partial charge in [-0.25, -0.2) is 0 Å². The molecule has 0 heterocycles. The van der Waals surface area contributed by atoms with E-state index in [2.05, 4.69) is 0 Å². The number of hydrogen-bond donors (Lipinski definition) is 2. The van der Waals surface area contributed by atoms with Gasteiger partial charge in [0.1, 0.15) is 0 Å². The van der Waals surface area contributed by atoms with Crippen LogP contribution in [-0.4, -0.2) is 0 Å². The normalized spacial score (nSPS) is 11.7. The topological polar surface area (TPSA) is 52.0 Å². The minimum Gasteiger partial charge on any atom is -0.399 e. The highest BCUT2D eigenvalue weighted by atomic mass is 14.7. The molecule has 0 saturated heterocycles. The summed E-state index contributed by atoms with van der Waals surface area (Å²) in [6.07, 6.45) is 0. The minimum absolute atomic E-state index is 0.306. The summed E-state index contributed by atoms with van der Waals surface area (Å²) in [5.41, 5.74) is 14.4. The smallest absolute Gasteiger partial charge is 0.0355 e. The van der Waals surface area contributed by atoms with Gasteiger partial charge in [0.2, 0.25) is 0 Å². The number of benzene rings is 1. The predicted octanol–water partition coefficient (Wildman–Crippen LogP) is 1.77. The van der Waals surface area contributed by atoms with Crippen molar-refractivity contribution in [2.45, 2.75) is 26.3 Å². The molecular weight excluding hydrogens is 148 g/mol. The van der Waals surface area contributed by atoms with Crippen molar-refractivity contribution in [1.29, 1.82) is 0 Å². The second-order valence-electron chi connectivity index (χ2n) is 3.80. The first-order valence-electron chi connectivity index (χ1n) is 4.07. The molecule has 1 aromatic rings. The first-order valence-corrected chi connectivity index (χ1v) is 4.07. The van der Waals surface area contributed by atoms with E-state index in [-0.39, 0.29) is 5.54 Å². The van der Waals surface area contributed by atoms with E-state index in [0.717, 1.165) is 11.3 Å². The maximum Gasteiger partial charge on any atom is 0.0355 e. The summed E-state index contributed by atoms with van der Waals surface area (Å²) >= 11 is 0. The number of rotatable bonds is 1. The Labute approximate surface area is 73.6 Å². The molecule has 0 aromatic heterocycles. The zero-order valence-corrected chi connectivity index (χ0v) is 7.89. The summed E-state index contributed by atoms with van der Waals surface area (Å²) in [4.78, 5) is 0. The number of nitrogen functional groups attached to an aromatic ring is 1. The quantitative estimate of drug-likeness (QED) is 0.621. The first kappa shape index (κ1) is 9.07. The van der Waals surface area contributed by atoms with E-state index in [4.69, 9.17) is 11.5 Å². The molecule has 0 spiro atoms. The van der Waals surface area contributed by atoms with Gasteiger partial charge in [-0.15, -0.1) is 0 Å². The molecule has 0 unspecified atom stereocenters. The van der Waals surface area contributed by atoms with Crippen molar-refractivity contribution in [3.05, 3.63) is 29.3 Å². The summed E-state index contributed by atoms with van der Waals surface area (Å²) in [6.45, 7) is 6.01. The van der Waals surface area contributed by atoms with Gasteiger partial charge in [-0.1, -0.05) is 6.07 Å². The molecule has 0 bridgehead atoms. The molecule has 0 aliphatic carbocycles. The molecule has 0 radical (unpaired) electrons. The zero-order chi connectivity index (χ0) is 9.35. The summed E-state index contributed by atoms with van der Waals surface area (Å²) in [5.74, 6) is 0. The molecule has 0 saturated carbocycles. The Balaban J connectivity index is 3.23. The highest BCUT2D eigenvalue weighted by Gasteiger charge is 2.16. The van der Waals surface area contributed by atoms with Crippen molar-refractivity contribution in [3.8, 4) is 0 Å². The van der Waals surface area contributed by atoms with Crippen LogP contribution in [0.4, 0.5) is 5.69 Å². The van der Waals surface area contributed by atoms with Crippen molar-refractivity contribution >= 4 is 5.69 Å². The van der Waals surface area contributed by atoms with Crippen LogP contribution in [0, 0.1) is 6.92 Å². The van der Waals surface area contributed by atoms with Gasteiger partial charge in [0, 0.05) is 11.2 Å². The van der Waals surface area contributed by atoms with Gasteiger partial charge in [-0.05, 0) is 44.0 Å². The summed E-state index contributed by atoms with van der Waals surface area (Å²) in [7, 11) is 0. The van der Waals surface area contributed by atoms with E-state index < -0.39 is 0 Å². The van der Waals surface area contributed by atoms with Crippen LogP contribution in [-0.2, 0) is 5.54 Å². The van der Waals surface area contributed by atoms with E-state index in [1.54, 1.807) is 0 Å². The second kappa shape index (κ2) is 2.79. The third-order valence-corrected chi connectivity index (χ3v) is 1.96. The Morgan fingerprint density at radius 3 is 2.25 bits per heavy atom. The Bertz CT molecular complexity index is 284. The van der Waals surface area contributed by atoms with Crippen molar-refractivity contribution in [3.63, 3.8) is 0 Å².